The van der Waals surface area contributed by atoms with E-state index in [1.54, 1.807) is 30.0 Å². The second kappa shape index (κ2) is 10.3. The third-order valence-corrected chi connectivity index (χ3v) is 3.42. The van der Waals surface area contributed by atoms with Crippen molar-refractivity contribution in [1.29, 1.82) is 0 Å². The zero-order valence-corrected chi connectivity index (χ0v) is 14.2. The molecule has 1 aromatic heterocycles. The Labute approximate surface area is 146 Å². The SMILES string of the molecule is COCOCCCNC(=O)Nc1cccn(Cc2ccccc2)c1=O. The first kappa shape index (κ1) is 18.7. The third kappa shape index (κ3) is 6.40. The number of urea groups is 1. The number of nitrogens with zero attached hydrogens (tertiary/aromatic N) is 1. The minimum atomic E-state index is -0.415. The van der Waals surface area contributed by atoms with Crippen molar-refractivity contribution in [3.63, 3.8) is 0 Å². The van der Waals surface area contributed by atoms with E-state index in [1.165, 1.54) is 0 Å². The molecule has 2 amide bonds. The van der Waals surface area contributed by atoms with Crippen molar-refractivity contribution in [2.24, 2.45) is 0 Å². The molecule has 0 fully saturated rings. The van der Waals surface area contributed by atoms with E-state index in [9.17, 15) is 9.59 Å². The van der Waals surface area contributed by atoms with Crippen molar-refractivity contribution >= 4 is 11.7 Å². The van der Waals surface area contributed by atoms with Crippen LogP contribution in [0.4, 0.5) is 10.5 Å². The average Bonchev–Trinajstić information content (AvgIpc) is 2.62. The predicted octanol–water partition coefficient (Wildman–Crippen LogP) is 2.03. The van der Waals surface area contributed by atoms with Crippen LogP contribution in [0.15, 0.2) is 53.5 Å². The lowest BCUT2D eigenvalue weighted by Crippen LogP contribution is -2.33. The molecule has 2 N–H and O–H groups in total. The topological polar surface area (TPSA) is 81.6 Å². The van der Waals surface area contributed by atoms with E-state index in [0.29, 0.717) is 26.1 Å². The van der Waals surface area contributed by atoms with Crippen LogP contribution in [0.1, 0.15) is 12.0 Å². The molecule has 0 saturated carbocycles. The van der Waals surface area contributed by atoms with Gasteiger partial charge in [0.15, 0.2) is 0 Å². The Morgan fingerprint density at radius 2 is 1.96 bits per heavy atom. The summed E-state index contributed by atoms with van der Waals surface area (Å²) in [5.41, 5.74) is 1.01. The average molecular weight is 345 g/mol. The number of anilines is 1. The molecule has 2 rings (SSSR count). The maximum absolute atomic E-state index is 12.4. The van der Waals surface area contributed by atoms with Gasteiger partial charge in [0.1, 0.15) is 12.5 Å². The second-order valence-corrected chi connectivity index (χ2v) is 5.39. The number of rotatable bonds is 9. The van der Waals surface area contributed by atoms with E-state index in [1.807, 2.05) is 30.3 Å². The summed E-state index contributed by atoms with van der Waals surface area (Å²) in [6, 6.07) is 12.6. The lowest BCUT2D eigenvalue weighted by atomic mass is 10.2. The molecule has 0 bridgehead atoms. The van der Waals surface area contributed by atoms with Gasteiger partial charge >= 0.3 is 6.03 Å². The molecule has 0 unspecified atom stereocenters. The summed E-state index contributed by atoms with van der Waals surface area (Å²) in [6.07, 6.45) is 2.36. The number of aromatic nitrogens is 1. The van der Waals surface area contributed by atoms with Gasteiger partial charge in [0.05, 0.1) is 13.2 Å². The molecule has 2 aromatic rings. The molecule has 7 nitrogen and oxygen atoms in total. The van der Waals surface area contributed by atoms with Crippen molar-refractivity contribution in [2.45, 2.75) is 13.0 Å². The normalized spacial score (nSPS) is 10.4. The number of amides is 2. The molecule has 0 spiro atoms. The first-order valence-corrected chi connectivity index (χ1v) is 8.05. The van der Waals surface area contributed by atoms with Crippen LogP contribution in [0.25, 0.3) is 0 Å². The minimum absolute atomic E-state index is 0.233. The third-order valence-electron chi connectivity index (χ3n) is 3.42. The Morgan fingerprint density at radius 3 is 2.72 bits per heavy atom. The van der Waals surface area contributed by atoms with Gasteiger partial charge in [-0.05, 0) is 24.1 Å². The molecule has 1 aromatic carbocycles. The van der Waals surface area contributed by atoms with Crippen LogP contribution >= 0.6 is 0 Å². The van der Waals surface area contributed by atoms with Crippen molar-refractivity contribution in [3.05, 3.63) is 64.6 Å². The molecule has 0 atom stereocenters. The van der Waals surface area contributed by atoms with Crippen molar-refractivity contribution < 1.29 is 14.3 Å². The zero-order chi connectivity index (χ0) is 17.9. The quantitative estimate of drug-likeness (QED) is 0.538. The Hall–Kier alpha value is -2.64. The van der Waals surface area contributed by atoms with Crippen molar-refractivity contribution in [3.8, 4) is 0 Å². The number of methoxy groups -OCH3 is 1. The number of carbonyl (C=O) groups is 1. The van der Waals surface area contributed by atoms with Crippen molar-refractivity contribution in [1.82, 2.24) is 9.88 Å². The Balaban J connectivity index is 1.86. The summed E-state index contributed by atoms with van der Waals surface area (Å²) < 4.78 is 11.4. The van der Waals surface area contributed by atoms with E-state index in [2.05, 4.69) is 10.6 Å². The second-order valence-electron chi connectivity index (χ2n) is 5.39. The molecular weight excluding hydrogens is 322 g/mol. The van der Waals surface area contributed by atoms with Crippen LogP contribution in [0.5, 0.6) is 0 Å². The first-order chi connectivity index (χ1) is 12.2. The number of hydrogen-bond acceptors (Lipinski definition) is 4. The molecule has 1 heterocycles. The lowest BCUT2D eigenvalue weighted by Gasteiger charge is -2.10. The highest BCUT2D eigenvalue weighted by atomic mass is 16.7. The Kier molecular flexibility index (Phi) is 7.68. The van der Waals surface area contributed by atoms with Gasteiger partial charge in [-0.2, -0.15) is 0 Å². The molecule has 0 saturated heterocycles. The maximum Gasteiger partial charge on any atom is 0.319 e. The monoisotopic (exact) mass is 345 g/mol. The zero-order valence-electron chi connectivity index (χ0n) is 14.2. The van der Waals surface area contributed by atoms with Gasteiger partial charge in [0.25, 0.3) is 5.56 Å². The van der Waals surface area contributed by atoms with Crippen LogP contribution in [0, 0.1) is 0 Å². The first-order valence-electron chi connectivity index (χ1n) is 8.05. The smallest absolute Gasteiger partial charge is 0.319 e. The Morgan fingerprint density at radius 1 is 1.16 bits per heavy atom. The summed E-state index contributed by atoms with van der Waals surface area (Å²) in [5.74, 6) is 0. The molecule has 7 heteroatoms. The fourth-order valence-corrected chi connectivity index (χ4v) is 2.22. The van der Waals surface area contributed by atoms with Crippen LogP contribution in [0.3, 0.4) is 0 Å². The van der Waals surface area contributed by atoms with Crippen LogP contribution in [0.2, 0.25) is 0 Å². The fourth-order valence-electron chi connectivity index (χ4n) is 2.22. The standard InChI is InChI=1S/C18H23N3O4/c1-24-14-25-12-6-10-19-18(23)20-16-9-5-11-21(17(16)22)13-15-7-3-2-4-8-15/h2-5,7-9,11H,6,10,12-14H2,1H3,(H2,19,20,23). The lowest BCUT2D eigenvalue weighted by molar-refractivity contribution is -0.0307. The number of carbonyl (C=O) groups excluding carboxylic acids is 1. The van der Waals surface area contributed by atoms with E-state index in [4.69, 9.17) is 9.47 Å². The van der Waals surface area contributed by atoms with E-state index in [0.717, 1.165) is 5.56 Å². The Bertz CT molecular complexity index is 716. The molecular formula is C18H23N3O4. The van der Waals surface area contributed by atoms with Crippen LogP contribution < -0.4 is 16.2 Å². The van der Waals surface area contributed by atoms with Gasteiger partial charge in [-0.15, -0.1) is 0 Å². The van der Waals surface area contributed by atoms with Crippen LogP contribution in [-0.2, 0) is 16.0 Å². The molecule has 0 aliphatic rings. The van der Waals surface area contributed by atoms with Gasteiger partial charge in [-0.25, -0.2) is 4.79 Å². The molecule has 25 heavy (non-hydrogen) atoms. The predicted molar refractivity (Wildman–Crippen MR) is 95.7 cm³/mol. The van der Waals surface area contributed by atoms with E-state index < -0.39 is 6.03 Å². The largest absolute Gasteiger partial charge is 0.359 e. The van der Waals surface area contributed by atoms with E-state index >= 15 is 0 Å². The number of benzene rings is 1. The highest BCUT2D eigenvalue weighted by Gasteiger charge is 2.07. The molecule has 0 radical (unpaired) electrons. The maximum atomic E-state index is 12.4. The highest BCUT2D eigenvalue weighted by molar-refractivity contribution is 5.88. The number of nitrogens with one attached hydrogen (secondary N) is 2. The number of pyridine rings is 1. The molecule has 0 aliphatic carbocycles. The molecule has 0 aliphatic heterocycles. The summed E-state index contributed by atoms with van der Waals surface area (Å²) >= 11 is 0. The summed E-state index contributed by atoms with van der Waals surface area (Å²) in [6.45, 7) is 1.62. The summed E-state index contributed by atoms with van der Waals surface area (Å²) in [5, 5.41) is 5.27. The number of ether oxygens (including phenoxy) is 2. The van der Waals surface area contributed by atoms with Crippen molar-refractivity contribution in [2.75, 3.05) is 32.4 Å². The van der Waals surface area contributed by atoms with Crippen LogP contribution in [-0.4, -0.2) is 37.7 Å². The van der Waals surface area contributed by atoms with Gasteiger partial charge in [-0.1, -0.05) is 30.3 Å². The van der Waals surface area contributed by atoms with Gasteiger partial charge in [-0.3, -0.25) is 4.79 Å². The van der Waals surface area contributed by atoms with Gasteiger partial charge in [0.2, 0.25) is 0 Å². The van der Waals surface area contributed by atoms with Gasteiger partial charge < -0.3 is 24.7 Å². The highest BCUT2D eigenvalue weighted by Crippen LogP contribution is 2.03. The minimum Gasteiger partial charge on any atom is -0.359 e. The molecule has 134 valence electrons. The van der Waals surface area contributed by atoms with E-state index in [-0.39, 0.29) is 18.0 Å². The summed E-state index contributed by atoms with van der Waals surface area (Å²) in [7, 11) is 1.55. The van der Waals surface area contributed by atoms with Gasteiger partial charge in [0, 0.05) is 19.9 Å². The fraction of sp³-hybridized carbons (Fsp3) is 0.333. The number of hydrogen-bond donors (Lipinski definition) is 2. The summed E-state index contributed by atoms with van der Waals surface area (Å²) in [4.78, 5) is 24.3.